The first kappa shape index (κ1) is 16.5. The first-order valence-electron chi connectivity index (χ1n) is 4.77. The number of primary sulfonamides is 1. The van der Waals surface area contributed by atoms with Gasteiger partial charge in [-0.05, 0) is 12.1 Å². The maximum atomic E-state index is 11.9. The van der Waals surface area contributed by atoms with Gasteiger partial charge in [0.25, 0.3) is 0 Å². The van der Waals surface area contributed by atoms with E-state index in [1.807, 2.05) is 4.72 Å². The summed E-state index contributed by atoms with van der Waals surface area (Å²) in [5.74, 6) is -0.544. The summed E-state index contributed by atoms with van der Waals surface area (Å²) in [5, 5.41) is 4.78. The summed E-state index contributed by atoms with van der Waals surface area (Å²) in [4.78, 5) is -0.354. The zero-order chi connectivity index (χ0) is 14.8. The topological polar surface area (TPSA) is 132 Å². The van der Waals surface area contributed by atoms with Crippen molar-refractivity contribution < 1.29 is 16.8 Å². The zero-order valence-corrected chi connectivity index (χ0v) is 12.6. The van der Waals surface area contributed by atoms with Gasteiger partial charge in [0.2, 0.25) is 20.0 Å². The molecule has 1 aromatic rings. The normalized spacial score (nSPS) is 12.6. The van der Waals surface area contributed by atoms with Gasteiger partial charge in [-0.2, -0.15) is 0 Å². The highest BCUT2D eigenvalue weighted by atomic mass is 35.5. The Morgan fingerprint density at radius 1 is 1.16 bits per heavy atom. The summed E-state index contributed by atoms with van der Waals surface area (Å²) in [5.41, 5.74) is 5.40. The third-order valence-corrected chi connectivity index (χ3v) is 4.96. The molecule has 7 nitrogen and oxygen atoms in total. The lowest BCUT2D eigenvalue weighted by molar-refractivity contribution is 0.582. The molecule has 0 bridgehead atoms. The fraction of sp³-hybridized carbons (Fsp3) is 0.250. The first-order valence-corrected chi connectivity index (χ1v) is 8.73. The number of rotatable bonds is 5. The van der Waals surface area contributed by atoms with Gasteiger partial charge in [0.1, 0.15) is 4.90 Å². The minimum Gasteiger partial charge on any atom is -0.398 e. The minimum atomic E-state index is -4.05. The van der Waals surface area contributed by atoms with Crippen LogP contribution in [0.25, 0.3) is 0 Å². The molecule has 0 aliphatic carbocycles. The van der Waals surface area contributed by atoms with Crippen LogP contribution in [0, 0.1) is 0 Å². The number of nitrogens with two attached hydrogens (primary N) is 2. The van der Waals surface area contributed by atoms with Gasteiger partial charge in [-0.15, -0.1) is 0 Å². The van der Waals surface area contributed by atoms with Crippen LogP contribution in [0.1, 0.15) is 0 Å². The van der Waals surface area contributed by atoms with Crippen LogP contribution >= 0.6 is 23.2 Å². The van der Waals surface area contributed by atoms with Crippen LogP contribution in [0.3, 0.4) is 0 Å². The van der Waals surface area contributed by atoms with Gasteiger partial charge in [-0.1, -0.05) is 23.2 Å². The summed E-state index contributed by atoms with van der Waals surface area (Å²) >= 11 is 11.4. The van der Waals surface area contributed by atoms with Crippen molar-refractivity contribution in [3.63, 3.8) is 0 Å². The molecule has 1 aromatic carbocycles. The van der Waals surface area contributed by atoms with Crippen molar-refractivity contribution in [2.75, 3.05) is 18.0 Å². The van der Waals surface area contributed by atoms with Crippen LogP contribution in [-0.4, -0.2) is 29.1 Å². The molecule has 5 N–H and O–H groups in total. The fourth-order valence-corrected chi connectivity index (χ4v) is 3.78. The zero-order valence-electron chi connectivity index (χ0n) is 9.43. The molecule has 0 aromatic heterocycles. The second-order valence-corrected chi connectivity index (χ2v) is 7.85. The highest BCUT2D eigenvalue weighted by molar-refractivity contribution is 7.90. The van der Waals surface area contributed by atoms with E-state index in [0.29, 0.717) is 0 Å². The van der Waals surface area contributed by atoms with E-state index in [1.165, 1.54) is 12.1 Å². The molecule has 0 saturated heterocycles. The SMILES string of the molecule is Nc1cc(Cl)cc(Cl)c1S(=O)(=O)NCCS(N)(=O)=O. The molecular formula is C8H11Cl2N3O4S2. The predicted octanol–water partition coefficient (Wildman–Crippen LogP) is 0.142. The van der Waals surface area contributed by atoms with Crippen molar-refractivity contribution >= 4 is 48.9 Å². The van der Waals surface area contributed by atoms with Crippen LogP contribution in [0.5, 0.6) is 0 Å². The van der Waals surface area contributed by atoms with E-state index >= 15 is 0 Å². The Morgan fingerprint density at radius 3 is 2.21 bits per heavy atom. The average molecular weight is 348 g/mol. The Labute approximate surface area is 121 Å². The van der Waals surface area contributed by atoms with E-state index in [-0.39, 0.29) is 27.2 Å². The quantitative estimate of drug-likeness (QED) is 0.651. The average Bonchev–Trinajstić information content (AvgIpc) is 2.11. The van der Waals surface area contributed by atoms with Crippen molar-refractivity contribution in [2.45, 2.75) is 4.90 Å². The molecule has 0 saturated carbocycles. The third kappa shape index (κ3) is 4.79. The number of nitrogens with one attached hydrogen (secondary N) is 1. The molecule has 108 valence electrons. The Bertz CT molecular complexity index is 665. The van der Waals surface area contributed by atoms with Crippen LogP contribution in [0.15, 0.2) is 17.0 Å². The Kier molecular flexibility index (Phi) is 5.04. The van der Waals surface area contributed by atoms with Gasteiger partial charge in [-0.25, -0.2) is 26.7 Å². The van der Waals surface area contributed by atoms with Crippen LogP contribution < -0.4 is 15.6 Å². The number of hydrogen-bond acceptors (Lipinski definition) is 5. The molecule has 1 rings (SSSR count). The van der Waals surface area contributed by atoms with Gasteiger partial charge < -0.3 is 5.73 Å². The predicted molar refractivity (Wildman–Crippen MR) is 74.0 cm³/mol. The first-order chi connectivity index (χ1) is 8.53. The van der Waals surface area contributed by atoms with Crippen LogP contribution in [0.2, 0.25) is 10.0 Å². The van der Waals surface area contributed by atoms with Crippen LogP contribution in [0.4, 0.5) is 5.69 Å². The molecule has 0 heterocycles. The maximum absolute atomic E-state index is 11.9. The fourth-order valence-electron chi connectivity index (χ4n) is 1.25. The van der Waals surface area contributed by atoms with Crippen molar-refractivity contribution in [2.24, 2.45) is 5.14 Å². The Balaban J connectivity index is 3.02. The summed E-state index contributed by atoms with van der Waals surface area (Å²) in [6.07, 6.45) is 0. The highest BCUT2D eigenvalue weighted by Gasteiger charge is 2.22. The molecule has 0 unspecified atom stereocenters. The van der Waals surface area contributed by atoms with E-state index in [4.69, 9.17) is 34.1 Å². The number of halogens is 2. The largest absolute Gasteiger partial charge is 0.398 e. The van der Waals surface area contributed by atoms with E-state index in [1.54, 1.807) is 0 Å². The maximum Gasteiger partial charge on any atom is 0.244 e. The molecule has 0 aliphatic rings. The summed E-state index contributed by atoms with van der Waals surface area (Å²) in [7, 11) is -7.81. The lowest BCUT2D eigenvalue weighted by Crippen LogP contribution is -2.32. The van der Waals surface area contributed by atoms with E-state index < -0.39 is 25.8 Å². The lowest BCUT2D eigenvalue weighted by Gasteiger charge is -2.10. The highest BCUT2D eigenvalue weighted by Crippen LogP contribution is 2.30. The molecule has 19 heavy (non-hydrogen) atoms. The van der Waals surface area contributed by atoms with Gasteiger partial charge >= 0.3 is 0 Å². The summed E-state index contributed by atoms with van der Waals surface area (Å²) in [6.45, 7) is -0.389. The van der Waals surface area contributed by atoms with E-state index in [9.17, 15) is 16.8 Å². The number of nitrogen functional groups attached to an aromatic ring is 1. The van der Waals surface area contributed by atoms with Crippen molar-refractivity contribution in [1.29, 1.82) is 0 Å². The van der Waals surface area contributed by atoms with Crippen molar-refractivity contribution in [3.05, 3.63) is 22.2 Å². The molecule has 0 amide bonds. The second kappa shape index (κ2) is 5.81. The third-order valence-electron chi connectivity index (χ3n) is 1.98. The molecule has 11 heteroatoms. The monoisotopic (exact) mass is 347 g/mol. The number of sulfonamides is 2. The summed E-state index contributed by atoms with van der Waals surface area (Å²) in [6, 6.07) is 2.44. The second-order valence-electron chi connectivity index (χ2n) is 3.57. The molecule has 0 spiro atoms. The number of hydrogen-bond donors (Lipinski definition) is 3. The number of benzene rings is 1. The van der Waals surface area contributed by atoms with Gasteiger partial charge in [0, 0.05) is 11.6 Å². The minimum absolute atomic E-state index is 0.138. The van der Waals surface area contributed by atoms with Gasteiger partial charge in [0.05, 0.1) is 16.5 Å². The Hall–Kier alpha value is -0.580. The summed E-state index contributed by atoms with van der Waals surface area (Å²) < 4.78 is 47.3. The van der Waals surface area contributed by atoms with E-state index in [0.717, 1.165) is 0 Å². The van der Waals surface area contributed by atoms with Gasteiger partial charge in [-0.3, -0.25) is 0 Å². The lowest BCUT2D eigenvalue weighted by atomic mass is 10.3. The number of anilines is 1. The van der Waals surface area contributed by atoms with E-state index in [2.05, 4.69) is 0 Å². The molecule has 0 atom stereocenters. The Morgan fingerprint density at radius 2 is 1.74 bits per heavy atom. The smallest absolute Gasteiger partial charge is 0.244 e. The molecule has 0 fully saturated rings. The molecular weight excluding hydrogens is 337 g/mol. The van der Waals surface area contributed by atoms with Crippen molar-refractivity contribution in [1.82, 2.24) is 4.72 Å². The molecule has 0 aliphatic heterocycles. The molecule has 0 radical (unpaired) electrons. The standard InChI is InChI=1S/C8H11Cl2N3O4S2/c9-5-3-6(10)8(7(11)4-5)19(16,17)13-1-2-18(12,14)15/h3-4,13H,1-2,11H2,(H2,12,14,15). The van der Waals surface area contributed by atoms with Crippen molar-refractivity contribution in [3.8, 4) is 0 Å². The van der Waals surface area contributed by atoms with Gasteiger partial charge in [0.15, 0.2) is 0 Å². The van der Waals surface area contributed by atoms with Crippen LogP contribution in [-0.2, 0) is 20.0 Å².